The first-order valence-electron chi connectivity index (χ1n) is 10.4. The molecule has 34 heavy (non-hydrogen) atoms. The second-order valence-electron chi connectivity index (χ2n) is 7.86. The summed E-state index contributed by atoms with van der Waals surface area (Å²) in [5.41, 5.74) is -0.959. The minimum absolute atomic E-state index is 0.0459. The van der Waals surface area contributed by atoms with Gasteiger partial charge in [-0.3, -0.25) is 9.59 Å². The molecule has 2 aromatic carbocycles. The number of anilines is 1. The molecular formula is C23H19F5N4O2. The van der Waals surface area contributed by atoms with E-state index in [4.69, 9.17) is 0 Å². The summed E-state index contributed by atoms with van der Waals surface area (Å²) >= 11 is 0. The van der Waals surface area contributed by atoms with Crippen LogP contribution in [0.25, 0.3) is 5.69 Å². The first-order chi connectivity index (χ1) is 16.1. The van der Waals surface area contributed by atoms with Crippen molar-refractivity contribution in [1.82, 2.24) is 14.7 Å². The molecule has 0 atom stereocenters. The molecule has 1 saturated heterocycles. The average Bonchev–Trinajstić information content (AvgIpc) is 3.33. The molecule has 1 fully saturated rings. The number of likely N-dealkylation sites (tertiary alicyclic amines) is 1. The van der Waals surface area contributed by atoms with Gasteiger partial charge in [0.05, 0.1) is 22.5 Å². The van der Waals surface area contributed by atoms with Crippen molar-refractivity contribution in [3.8, 4) is 5.69 Å². The highest BCUT2D eigenvalue weighted by Gasteiger charge is 2.33. The summed E-state index contributed by atoms with van der Waals surface area (Å²) in [5, 5.41) is 6.58. The maximum absolute atomic E-state index is 13.9. The van der Waals surface area contributed by atoms with Gasteiger partial charge in [-0.25, -0.2) is 13.5 Å². The van der Waals surface area contributed by atoms with Gasteiger partial charge in [0.15, 0.2) is 0 Å². The molecule has 0 saturated carbocycles. The predicted molar refractivity (Wildman–Crippen MR) is 112 cm³/mol. The fourth-order valence-electron chi connectivity index (χ4n) is 3.84. The second-order valence-corrected chi connectivity index (χ2v) is 7.86. The molecule has 2 heterocycles. The summed E-state index contributed by atoms with van der Waals surface area (Å²) in [6.45, 7) is 0.282. The monoisotopic (exact) mass is 478 g/mol. The van der Waals surface area contributed by atoms with Gasteiger partial charge in [0.1, 0.15) is 11.6 Å². The molecule has 11 heteroatoms. The first kappa shape index (κ1) is 23.4. The Morgan fingerprint density at radius 3 is 2.38 bits per heavy atom. The molecule has 1 aromatic heterocycles. The van der Waals surface area contributed by atoms with Crippen LogP contribution >= 0.6 is 0 Å². The largest absolute Gasteiger partial charge is 0.416 e. The number of nitrogens with one attached hydrogen (secondary N) is 1. The number of amides is 2. The molecule has 0 bridgehead atoms. The topological polar surface area (TPSA) is 67.2 Å². The number of alkyl halides is 3. The van der Waals surface area contributed by atoms with Gasteiger partial charge >= 0.3 is 6.18 Å². The van der Waals surface area contributed by atoms with Crippen LogP contribution in [-0.2, 0) is 11.0 Å². The highest BCUT2D eigenvalue weighted by Crippen LogP contribution is 2.34. The maximum atomic E-state index is 13.9. The van der Waals surface area contributed by atoms with Gasteiger partial charge < -0.3 is 10.2 Å². The summed E-state index contributed by atoms with van der Waals surface area (Å²) in [7, 11) is 0. The van der Waals surface area contributed by atoms with Crippen molar-refractivity contribution < 1.29 is 31.5 Å². The van der Waals surface area contributed by atoms with Crippen LogP contribution in [-0.4, -0.2) is 39.6 Å². The fraction of sp³-hybridized carbons (Fsp3) is 0.261. The minimum Gasteiger partial charge on any atom is -0.339 e. The number of carbonyl (C=O) groups is 2. The Balaban J connectivity index is 1.46. The van der Waals surface area contributed by atoms with Crippen LogP contribution in [0.1, 0.15) is 28.8 Å². The third-order valence-corrected chi connectivity index (χ3v) is 5.65. The Kier molecular flexibility index (Phi) is 6.36. The minimum atomic E-state index is -4.59. The van der Waals surface area contributed by atoms with Gasteiger partial charge in [-0.2, -0.15) is 18.3 Å². The van der Waals surface area contributed by atoms with Crippen LogP contribution in [0.4, 0.5) is 27.6 Å². The Morgan fingerprint density at radius 1 is 1.03 bits per heavy atom. The zero-order chi connectivity index (χ0) is 24.5. The molecule has 2 amide bonds. The number of piperidine rings is 1. The number of halogens is 5. The Hall–Kier alpha value is -3.76. The smallest absolute Gasteiger partial charge is 0.339 e. The summed E-state index contributed by atoms with van der Waals surface area (Å²) in [6.07, 6.45) is -1.13. The molecule has 0 unspecified atom stereocenters. The zero-order valence-electron chi connectivity index (χ0n) is 17.6. The van der Waals surface area contributed by atoms with Crippen LogP contribution in [0.5, 0.6) is 0 Å². The number of aromatic nitrogens is 2. The van der Waals surface area contributed by atoms with Crippen molar-refractivity contribution in [2.45, 2.75) is 19.0 Å². The third-order valence-electron chi connectivity index (χ3n) is 5.65. The standard InChI is InChI=1S/C23H19F5N4O2/c24-16-3-4-17(18(25)13-16)22(34)31-10-6-14(7-11-31)21(33)30-19-12-15(23(26,27)28)2-5-20(19)32-9-1-8-29-32/h1-5,8-9,12-14H,6-7,10-11H2,(H,30,33). The number of rotatable bonds is 4. The van der Waals surface area contributed by atoms with E-state index in [-0.39, 0.29) is 42.9 Å². The summed E-state index contributed by atoms with van der Waals surface area (Å²) in [5.74, 6) is -3.45. The number of benzene rings is 2. The Morgan fingerprint density at radius 2 is 1.76 bits per heavy atom. The van der Waals surface area contributed by atoms with Crippen molar-refractivity contribution >= 4 is 17.5 Å². The van der Waals surface area contributed by atoms with Gasteiger partial charge in [-0.1, -0.05) is 0 Å². The van der Waals surface area contributed by atoms with E-state index in [2.05, 4.69) is 10.4 Å². The molecule has 6 nitrogen and oxygen atoms in total. The molecule has 1 aliphatic rings. The van der Waals surface area contributed by atoms with E-state index in [1.165, 1.54) is 28.0 Å². The number of nitrogens with zero attached hydrogens (tertiary/aromatic N) is 3. The van der Waals surface area contributed by atoms with Crippen LogP contribution in [0.2, 0.25) is 0 Å². The average molecular weight is 478 g/mol. The molecule has 3 aromatic rings. The van der Waals surface area contributed by atoms with Crippen LogP contribution in [0, 0.1) is 17.6 Å². The lowest BCUT2D eigenvalue weighted by molar-refractivity contribution is -0.137. The van der Waals surface area contributed by atoms with Gasteiger partial charge in [-0.05, 0) is 49.2 Å². The lowest BCUT2D eigenvalue weighted by atomic mass is 9.95. The Bertz CT molecular complexity index is 1200. The quantitative estimate of drug-likeness (QED) is 0.555. The maximum Gasteiger partial charge on any atom is 0.416 e. The van der Waals surface area contributed by atoms with Crippen molar-refractivity contribution in [3.63, 3.8) is 0 Å². The van der Waals surface area contributed by atoms with E-state index in [1.54, 1.807) is 6.07 Å². The van der Waals surface area contributed by atoms with Gasteiger partial charge in [0, 0.05) is 37.5 Å². The van der Waals surface area contributed by atoms with E-state index >= 15 is 0 Å². The fourth-order valence-corrected chi connectivity index (χ4v) is 3.84. The third kappa shape index (κ3) is 4.92. The van der Waals surface area contributed by atoms with Crippen molar-refractivity contribution in [2.24, 2.45) is 5.92 Å². The van der Waals surface area contributed by atoms with Crippen LogP contribution in [0.15, 0.2) is 54.9 Å². The zero-order valence-corrected chi connectivity index (χ0v) is 17.6. The normalized spacial score (nSPS) is 14.8. The molecule has 1 N–H and O–H groups in total. The molecule has 0 radical (unpaired) electrons. The first-order valence-corrected chi connectivity index (χ1v) is 10.4. The van der Waals surface area contributed by atoms with Gasteiger partial charge in [0.25, 0.3) is 5.91 Å². The number of hydrogen-bond acceptors (Lipinski definition) is 3. The van der Waals surface area contributed by atoms with Gasteiger partial charge in [-0.15, -0.1) is 0 Å². The van der Waals surface area contributed by atoms with Crippen molar-refractivity contribution in [1.29, 1.82) is 0 Å². The molecule has 1 aliphatic heterocycles. The molecule has 0 aliphatic carbocycles. The van der Waals surface area contributed by atoms with Crippen molar-refractivity contribution in [2.75, 3.05) is 18.4 Å². The van der Waals surface area contributed by atoms with E-state index in [0.717, 1.165) is 24.3 Å². The van der Waals surface area contributed by atoms with Crippen molar-refractivity contribution in [3.05, 3.63) is 77.6 Å². The highest BCUT2D eigenvalue weighted by molar-refractivity contribution is 5.96. The second kappa shape index (κ2) is 9.24. The van der Waals surface area contributed by atoms with Crippen LogP contribution < -0.4 is 5.32 Å². The summed E-state index contributed by atoms with van der Waals surface area (Å²) < 4.78 is 68.0. The van der Waals surface area contributed by atoms with E-state index in [1.807, 2.05) is 0 Å². The molecule has 4 rings (SSSR count). The Labute approximate surface area is 191 Å². The SMILES string of the molecule is O=C(Nc1cc(C(F)(F)F)ccc1-n1cccn1)C1CCN(C(=O)c2ccc(F)cc2F)CC1. The molecule has 0 spiro atoms. The van der Waals surface area contributed by atoms with Gasteiger partial charge in [0.2, 0.25) is 5.91 Å². The lowest BCUT2D eigenvalue weighted by Gasteiger charge is -2.31. The molecule has 178 valence electrons. The number of hydrogen-bond donors (Lipinski definition) is 1. The predicted octanol–water partition coefficient (Wildman–Crippen LogP) is 4.66. The van der Waals surface area contributed by atoms with Crippen LogP contribution in [0.3, 0.4) is 0 Å². The highest BCUT2D eigenvalue weighted by atomic mass is 19.4. The molecular weight excluding hydrogens is 459 g/mol. The lowest BCUT2D eigenvalue weighted by Crippen LogP contribution is -2.41. The summed E-state index contributed by atoms with van der Waals surface area (Å²) in [4.78, 5) is 26.8. The van der Waals surface area contributed by atoms with E-state index in [0.29, 0.717) is 6.07 Å². The summed E-state index contributed by atoms with van der Waals surface area (Å²) in [6, 6.07) is 7.26. The van der Waals surface area contributed by atoms with E-state index < -0.39 is 41.1 Å². The van der Waals surface area contributed by atoms with E-state index in [9.17, 15) is 31.5 Å². The number of carbonyl (C=O) groups excluding carboxylic acids is 2.